The number of nitrogens with two attached hydrogens (primary N) is 1. The van der Waals surface area contributed by atoms with Gasteiger partial charge in [-0.2, -0.15) is 0 Å². The molecule has 2 amide bonds. The summed E-state index contributed by atoms with van der Waals surface area (Å²) in [6.45, 7) is 1.70. The molecule has 0 spiro atoms. The Morgan fingerprint density at radius 2 is 1.76 bits per heavy atom. The molecular weight excluding hydrogens is 218 g/mol. The van der Waals surface area contributed by atoms with Crippen molar-refractivity contribution < 1.29 is 9.59 Å². The average Bonchev–Trinajstić information content (AvgIpc) is 2.55. The molecule has 0 radical (unpaired) electrons. The molecule has 0 atom stereocenters. The Morgan fingerprint density at radius 3 is 2.53 bits per heavy atom. The minimum Gasteiger partial charge on any atom is -0.267 e. The molecule has 0 fully saturated rings. The second-order valence-corrected chi connectivity index (χ2v) is 3.94. The number of carbonyl (C=O) groups is 2. The number of carbonyl (C=O) groups excluding carboxylic acids is 2. The van der Waals surface area contributed by atoms with Crippen LogP contribution in [0.4, 0.5) is 0 Å². The van der Waals surface area contributed by atoms with Crippen molar-refractivity contribution in [1.82, 2.24) is 9.99 Å². The Labute approximate surface area is 96.8 Å². The van der Waals surface area contributed by atoms with Gasteiger partial charge in [0.25, 0.3) is 11.8 Å². The Balaban J connectivity index is 2.51. The highest BCUT2D eigenvalue weighted by Crippen LogP contribution is 2.29. The van der Waals surface area contributed by atoms with E-state index in [-0.39, 0.29) is 0 Å². The van der Waals surface area contributed by atoms with Crippen LogP contribution < -0.4 is 5.84 Å². The molecule has 1 aromatic carbocycles. The summed E-state index contributed by atoms with van der Waals surface area (Å²) < 4.78 is 0. The van der Waals surface area contributed by atoms with E-state index in [0.29, 0.717) is 32.7 Å². The van der Waals surface area contributed by atoms with Crippen LogP contribution in [0.5, 0.6) is 0 Å². The number of aryl methyl sites for hydroxylation is 1. The summed E-state index contributed by atoms with van der Waals surface area (Å²) in [6.07, 6.45) is 0. The molecule has 0 bridgehead atoms. The van der Waals surface area contributed by atoms with E-state index >= 15 is 0 Å². The molecule has 17 heavy (non-hydrogen) atoms. The Kier molecular flexibility index (Phi) is 1.82. The Bertz CT molecular complexity index is 679. The van der Waals surface area contributed by atoms with Crippen molar-refractivity contribution >= 4 is 22.7 Å². The third-order valence-electron chi connectivity index (χ3n) is 2.94. The maximum Gasteiger partial charge on any atom is 0.277 e. The minimum atomic E-state index is -0.485. The number of para-hydroxylation sites is 1. The van der Waals surface area contributed by atoms with Gasteiger partial charge >= 0.3 is 0 Å². The first-order valence-electron chi connectivity index (χ1n) is 5.14. The molecule has 0 saturated carbocycles. The van der Waals surface area contributed by atoms with Gasteiger partial charge in [0.1, 0.15) is 0 Å². The maximum absolute atomic E-state index is 11.9. The van der Waals surface area contributed by atoms with Gasteiger partial charge in [-0.05, 0) is 13.0 Å². The lowest BCUT2D eigenvalue weighted by atomic mass is 10.0. The zero-order valence-electron chi connectivity index (χ0n) is 9.10. The minimum absolute atomic E-state index is 0.316. The summed E-state index contributed by atoms with van der Waals surface area (Å²) in [7, 11) is 0. The summed E-state index contributed by atoms with van der Waals surface area (Å²) in [5.74, 6) is 4.49. The Hall–Kier alpha value is -2.27. The predicted octanol–water partition coefficient (Wildman–Crippen LogP) is 1.01. The fourth-order valence-electron chi connectivity index (χ4n) is 2.15. The van der Waals surface area contributed by atoms with Crippen LogP contribution in [0.2, 0.25) is 0 Å². The maximum atomic E-state index is 11.9. The zero-order valence-corrected chi connectivity index (χ0v) is 9.10. The van der Waals surface area contributed by atoms with Gasteiger partial charge in [0.15, 0.2) is 0 Å². The number of hydrogen-bond donors (Lipinski definition) is 1. The third kappa shape index (κ3) is 1.14. The van der Waals surface area contributed by atoms with Gasteiger partial charge in [-0.3, -0.25) is 14.6 Å². The van der Waals surface area contributed by atoms with Crippen LogP contribution in [0.15, 0.2) is 24.3 Å². The molecule has 5 heteroatoms. The number of aromatic nitrogens is 1. The van der Waals surface area contributed by atoms with Crippen LogP contribution >= 0.6 is 0 Å². The van der Waals surface area contributed by atoms with Gasteiger partial charge in [-0.15, -0.1) is 0 Å². The first-order valence-corrected chi connectivity index (χ1v) is 5.14. The van der Waals surface area contributed by atoms with Gasteiger partial charge in [-0.1, -0.05) is 18.2 Å². The second-order valence-electron chi connectivity index (χ2n) is 3.94. The molecule has 2 heterocycles. The molecule has 5 nitrogen and oxygen atoms in total. The number of nitrogens with zero attached hydrogens (tertiary/aromatic N) is 2. The summed E-state index contributed by atoms with van der Waals surface area (Å²) in [6, 6.07) is 7.21. The van der Waals surface area contributed by atoms with Crippen LogP contribution in [0.25, 0.3) is 10.9 Å². The Morgan fingerprint density at radius 1 is 1.12 bits per heavy atom. The average molecular weight is 227 g/mol. The van der Waals surface area contributed by atoms with Crippen LogP contribution in [0.3, 0.4) is 0 Å². The molecule has 2 aromatic rings. The molecule has 0 unspecified atom stereocenters. The number of pyridine rings is 1. The highest BCUT2D eigenvalue weighted by molar-refractivity contribution is 6.26. The van der Waals surface area contributed by atoms with E-state index in [1.54, 1.807) is 25.1 Å². The van der Waals surface area contributed by atoms with E-state index in [1.165, 1.54) is 0 Å². The molecule has 1 aliphatic rings. The molecule has 84 valence electrons. The lowest BCUT2D eigenvalue weighted by molar-refractivity contribution is 0.0654. The number of amides is 2. The molecule has 1 aliphatic heterocycles. The number of fused-ring (bicyclic) bond motifs is 3. The van der Waals surface area contributed by atoms with E-state index in [4.69, 9.17) is 5.84 Å². The highest BCUT2D eigenvalue weighted by Gasteiger charge is 2.37. The summed E-state index contributed by atoms with van der Waals surface area (Å²) in [4.78, 5) is 28.0. The van der Waals surface area contributed by atoms with E-state index in [0.717, 1.165) is 0 Å². The number of benzene rings is 1. The molecule has 0 aliphatic carbocycles. The quantitative estimate of drug-likeness (QED) is 0.414. The van der Waals surface area contributed by atoms with Crippen molar-refractivity contribution in [1.29, 1.82) is 0 Å². The van der Waals surface area contributed by atoms with Crippen LogP contribution in [0.1, 0.15) is 26.4 Å². The number of imide groups is 1. The van der Waals surface area contributed by atoms with Gasteiger partial charge < -0.3 is 0 Å². The number of hydrazine groups is 1. The predicted molar refractivity (Wildman–Crippen MR) is 61.2 cm³/mol. The zero-order chi connectivity index (χ0) is 12.2. The molecule has 3 rings (SSSR count). The SMILES string of the molecule is Cc1nc2ccccc2c2c1C(=O)N(N)C2=O. The first-order chi connectivity index (χ1) is 8.11. The standard InChI is InChI=1S/C12H9N3O2/c1-6-9-10(12(17)15(13)11(9)16)7-4-2-3-5-8(7)14-6/h2-5H,13H2,1H3. The van der Waals surface area contributed by atoms with E-state index in [2.05, 4.69) is 4.98 Å². The summed E-state index contributed by atoms with van der Waals surface area (Å²) in [5, 5.41) is 1.31. The first kappa shape index (κ1) is 9.92. The van der Waals surface area contributed by atoms with Gasteiger partial charge in [0, 0.05) is 5.39 Å². The normalized spacial score (nSPS) is 14.6. The van der Waals surface area contributed by atoms with Crippen molar-refractivity contribution in [2.24, 2.45) is 5.84 Å². The molecular formula is C12H9N3O2. The van der Waals surface area contributed by atoms with E-state index < -0.39 is 11.8 Å². The van der Waals surface area contributed by atoms with Crippen molar-refractivity contribution in [2.75, 3.05) is 0 Å². The van der Waals surface area contributed by atoms with Gasteiger partial charge in [0.2, 0.25) is 0 Å². The molecule has 1 aromatic heterocycles. The topological polar surface area (TPSA) is 76.3 Å². The largest absolute Gasteiger partial charge is 0.277 e. The van der Waals surface area contributed by atoms with Crippen molar-refractivity contribution in [3.63, 3.8) is 0 Å². The summed E-state index contributed by atoms with van der Waals surface area (Å²) >= 11 is 0. The third-order valence-corrected chi connectivity index (χ3v) is 2.94. The fraction of sp³-hybridized carbons (Fsp3) is 0.0833. The second kappa shape index (κ2) is 3.11. The van der Waals surface area contributed by atoms with Crippen molar-refractivity contribution in [3.8, 4) is 0 Å². The summed E-state index contributed by atoms with van der Waals surface area (Å²) in [5.41, 5.74) is 1.90. The monoisotopic (exact) mass is 227 g/mol. The van der Waals surface area contributed by atoms with Crippen LogP contribution in [0, 0.1) is 6.92 Å². The number of hydrogen-bond acceptors (Lipinski definition) is 4. The molecule has 0 saturated heterocycles. The van der Waals surface area contributed by atoms with Gasteiger partial charge in [0.05, 0.1) is 22.3 Å². The lowest BCUT2D eigenvalue weighted by Gasteiger charge is -2.03. The van der Waals surface area contributed by atoms with Crippen molar-refractivity contribution in [3.05, 3.63) is 41.1 Å². The van der Waals surface area contributed by atoms with E-state index in [9.17, 15) is 9.59 Å². The van der Waals surface area contributed by atoms with E-state index in [1.807, 2.05) is 6.07 Å². The fourth-order valence-corrected chi connectivity index (χ4v) is 2.15. The van der Waals surface area contributed by atoms with Gasteiger partial charge in [-0.25, -0.2) is 10.9 Å². The van der Waals surface area contributed by atoms with Crippen LogP contribution in [-0.2, 0) is 0 Å². The lowest BCUT2D eigenvalue weighted by Crippen LogP contribution is -2.36. The van der Waals surface area contributed by atoms with Crippen molar-refractivity contribution in [2.45, 2.75) is 6.92 Å². The highest BCUT2D eigenvalue weighted by atomic mass is 16.2. The molecule has 2 N–H and O–H groups in total. The van der Waals surface area contributed by atoms with Crippen LogP contribution in [-0.4, -0.2) is 21.8 Å². The number of rotatable bonds is 0. The smallest absolute Gasteiger partial charge is 0.267 e.